The van der Waals surface area contributed by atoms with E-state index >= 15 is 0 Å². The molecule has 1 N–H and O–H groups in total. The predicted molar refractivity (Wildman–Crippen MR) is 86.8 cm³/mol. The van der Waals surface area contributed by atoms with Crippen LogP contribution in [0.4, 0.5) is 0 Å². The molecule has 0 aliphatic rings. The van der Waals surface area contributed by atoms with Crippen LogP contribution in [-0.2, 0) is 26.7 Å². The average molecular weight is 286 g/mol. The fourth-order valence-corrected chi connectivity index (χ4v) is 2.45. The van der Waals surface area contributed by atoms with Gasteiger partial charge in [-0.3, -0.25) is 4.90 Å². The SMILES string of the molecule is CCN(CC)Cc1ccccc1CNCc1cncn1C. The van der Waals surface area contributed by atoms with Crippen LogP contribution in [0.1, 0.15) is 30.7 Å². The Kier molecular flexibility index (Phi) is 5.96. The topological polar surface area (TPSA) is 33.1 Å². The molecule has 1 aromatic carbocycles. The number of aryl methyl sites for hydroxylation is 1. The summed E-state index contributed by atoms with van der Waals surface area (Å²) in [5.41, 5.74) is 4.00. The van der Waals surface area contributed by atoms with Crippen LogP contribution in [0.25, 0.3) is 0 Å². The van der Waals surface area contributed by atoms with Crippen LogP contribution in [0.5, 0.6) is 0 Å². The lowest BCUT2D eigenvalue weighted by atomic mass is 10.1. The first-order chi connectivity index (χ1) is 10.2. The van der Waals surface area contributed by atoms with Crippen LogP contribution in [0.3, 0.4) is 0 Å². The summed E-state index contributed by atoms with van der Waals surface area (Å²) in [7, 11) is 2.03. The quantitative estimate of drug-likeness (QED) is 0.809. The first-order valence-corrected chi connectivity index (χ1v) is 7.69. The second-order valence-corrected chi connectivity index (χ2v) is 5.33. The van der Waals surface area contributed by atoms with Gasteiger partial charge in [-0.25, -0.2) is 4.98 Å². The minimum absolute atomic E-state index is 0.843. The average Bonchev–Trinajstić information content (AvgIpc) is 2.91. The van der Waals surface area contributed by atoms with Crippen molar-refractivity contribution in [3.05, 3.63) is 53.6 Å². The minimum Gasteiger partial charge on any atom is -0.337 e. The van der Waals surface area contributed by atoms with Crippen LogP contribution < -0.4 is 5.32 Å². The number of hydrogen-bond acceptors (Lipinski definition) is 3. The molecule has 0 aliphatic heterocycles. The molecule has 1 aromatic heterocycles. The maximum absolute atomic E-state index is 4.14. The Morgan fingerprint density at radius 3 is 2.43 bits per heavy atom. The molecule has 0 fully saturated rings. The molecule has 0 amide bonds. The Labute approximate surface area is 127 Å². The summed E-state index contributed by atoms with van der Waals surface area (Å²) in [6, 6.07) is 8.70. The lowest BCUT2D eigenvalue weighted by Crippen LogP contribution is -2.24. The molecule has 114 valence electrons. The van der Waals surface area contributed by atoms with Crippen molar-refractivity contribution < 1.29 is 0 Å². The van der Waals surface area contributed by atoms with Gasteiger partial charge in [-0.1, -0.05) is 38.1 Å². The highest BCUT2D eigenvalue weighted by Crippen LogP contribution is 2.12. The molecule has 0 aliphatic carbocycles. The summed E-state index contributed by atoms with van der Waals surface area (Å²) in [5.74, 6) is 0. The summed E-state index contributed by atoms with van der Waals surface area (Å²) in [6.07, 6.45) is 3.75. The molecule has 1 heterocycles. The van der Waals surface area contributed by atoms with Crippen molar-refractivity contribution >= 4 is 0 Å². The molecule has 4 nitrogen and oxygen atoms in total. The van der Waals surface area contributed by atoms with Crippen molar-refractivity contribution in [1.82, 2.24) is 19.8 Å². The molecule has 0 bridgehead atoms. The zero-order valence-corrected chi connectivity index (χ0v) is 13.3. The molecule has 0 saturated heterocycles. The van der Waals surface area contributed by atoms with Gasteiger partial charge in [0.15, 0.2) is 0 Å². The fraction of sp³-hybridized carbons (Fsp3) is 0.471. The summed E-state index contributed by atoms with van der Waals surface area (Å²) >= 11 is 0. The maximum Gasteiger partial charge on any atom is 0.0945 e. The van der Waals surface area contributed by atoms with Gasteiger partial charge >= 0.3 is 0 Å². The molecular formula is C17H26N4. The number of nitrogens with one attached hydrogen (secondary N) is 1. The van der Waals surface area contributed by atoms with E-state index in [2.05, 4.69) is 57.9 Å². The molecule has 0 saturated carbocycles. The van der Waals surface area contributed by atoms with E-state index in [1.54, 1.807) is 0 Å². The van der Waals surface area contributed by atoms with Crippen molar-refractivity contribution in [3.8, 4) is 0 Å². The van der Waals surface area contributed by atoms with Gasteiger partial charge in [0.25, 0.3) is 0 Å². The molecule has 0 radical (unpaired) electrons. The van der Waals surface area contributed by atoms with Crippen LogP contribution >= 0.6 is 0 Å². The monoisotopic (exact) mass is 286 g/mol. The lowest BCUT2D eigenvalue weighted by molar-refractivity contribution is 0.294. The van der Waals surface area contributed by atoms with Crippen molar-refractivity contribution in [2.45, 2.75) is 33.5 Å². The van der Waals surface area contributed by atoms with Crippen LogP contribution in [-0.4, -0.2) is 27.5 Å². The minimum atomic E-state index is 0.843. The van der Waals surface area contributed by atoms with Gasteiger partial charge in [0.05, 0.1) is 12.0 Å². The number of imidazole rings is 1. The van der Waals surface area contributed by atoms with Crippen LogP contribution in [0.15, 0.2) is 36.8 Å². The van der Waals surface area contributed by atoms with Gasteiger partial charge in [0.2, 0.25) is 0 Å². The summed E-state index contributed by atoms with van der Waals surface area (Å²) < 4.78 is 2.05. The second-order valence-electron chi connectivity index (χ2n) is 5.33. The summed E-state index contributed by atoms with van der Waals surface area (Å²) in [4.78, 5) is 6.59. The van der Waals surface area contributed by atoms with Gasteiger partial charge in [-0.2, -0.15) is 0 Å². The number of aromatic nitrogens is 2. The third-order valence-electron chi connectivity index (χ3n) is 3.94. The standard InChI is InChI=1S/C17H26N4/c1-4-21(5-2)13-16-9-7-6-8-15(16)10-18-11-17-12-19-14-20(17)3/h6-9,12,14,18H,4-5,10-11,13H2,1-3H3. The molecular weight excluding hydrogens is 260 g/mol. The predicted octanol–water partition coefficient (Wildman–Crippen LogP) is 2.55. The van der Waals surface area contributed by atoms with E-state index in [0.29, 0.717) is 0 Å². The van der Waals surface area contributed by atoms with E-state index in [9.17, 15) is 0 Å². The number of hydrogen-bond donors (Lipinski definition) is 1. The first-order valence-electron chi connectivity index (χ1n) is 7.69. The molecule has 4 heteroatoms. The van der Waals surface area contributed by atoms with Gasteiger partial charge < -0.3 is 9.88 Å². The zero-order chi connectivity index (χ0) is 15.1. The van der Waals surface area contributed by atoms with Crippen molar-refractivity contribution in [3.63, 3.8) is 0 Å². The van der Waals surface area contributed by atoms with Crippen LogP contribution in [0.2, 0.25) is 0 Å². The van der Waals surface area contributed by atoms with Crippen molar-refractivity contribution in [2.75, 3.05) is 13.1 Å². The Hall–Kier alpha value is -1.65. The first kappa shape index (κ1) is 15.7. The molecule has 21 heavy (non-hydrogen) atoms. The zero-order valence-electron chi connectivity index (χ0n) is 13.3. The number of nitrogens with zero attached hydrogens (tertiary/aromatic N) is 3. The van der Waals surface area contributed by atoms with E-state index < -0.39 is 0 Å². The highest BCUT2D eigenvalue weighted by molar-refractivity contribution is 5.27. The number of rotatable bonds is 8. The summed E-state index contributed by atoms with van der Waals surface area (Å²) in [5, 5.41) is 3.52. The molecule has 2 aromatic rings. The fourth-order valence-electron chi connectivity index (χ4n) is 2.45. The largest absolute Gasteiger partial charge is 0.337 e. The lowest BCUT2D eigenvalue weighted by Gasteiger charge is -2.20. The van der Waals surface area contributed by atoms with Crippen LogP contribution in [0, 0.1) is 0 Å². The molecule has 0 unspecified atom stereocenters. The van der Waals surface area contributed by atoms with Gasteiger partial charge in [-0.05, 0) is 24.2 Å². The summed E-state index contributed by atoms with van der Waals surface area (Å²) in [6.45, 7) is 9.37. The van der Waals surface area contributed by atoms with Crippen molar-refractivity contribution in [2.24, 2.45) is 7.05 Å². The van der Waals surface area contributed by atoms with E-state index in [0.717, 1.165) is 32.7 Å². The third kappa shape index (κ3) is 4.41. The Balaban J connectivity index is 1.95. The normalized spacial score (nSPS) is 11.2. The smallest absolute Gasteiger partial charge is 0.0945 e. The van der Waals surface area contributed by atoms with E-state index in [1.165, 1.54) is 16.8 Å². The van der Waals surface area contributed by atoms with Crippen molar-refractivity contribution in [1.29, 1.82) is 0 Å². The Bertz CT molecular complexity index is 543. The third-order valence-corrected chi connectivity index (χ3v) is 3.94. The highest BCUT2D eigenvalue weighted by atomic mass is 15.1. The molecule has 0 spiro atoms. The van der Waals surface area contributed by atoms with Gasteiger partial charge in [0.1, 0.15) is 0 Å². The van der Waals surface area contributed by atoms with Gasteiger partial charge in [-0.15, -0.1) is 0 Å². The second kappa shape index (κ2) is 7.96. The number of benzene rings is 1. The maximum atomic E-state index is 4.14. The Morgan fingerprint density at radius 1 is 1.10 bits per heavy atom. The molecule has 2 rings (SSSR count). The highest BCUT2D eigenvalue weighted by Gasteiger charge is 2.06. The van der Waals surface area contributed by atoms with Gasteiger partial charge in [0, 0.05) is 32.9 Å². The van der Waals surface area contributed by atoms with E-state index in [-0.39, 0.29) is 0 Å². The van der Waals surface area contributed by atoms with E-state index in [4.69, 9.17) is 0 Å². The van der Waals surface area contributed by atoms with E-state index in [1.807, 2.05) is 19.6 Å². The Morgan fingerprint density at radius 2 is 1.81 bits per heavy atom. The molecule has 0 atom stereocenters.